The Labute approximate surface area is 199 Å². The van der Waals surface area contributed by atoms with Gasteiger partial charge in [-0.3, -0.25) is 4.79 Å². The van der Waals surface area contributed by atoms with Crippen molar-refractivity contribution in [3.8, 4) is 0 Å². The fraction of sp³-hybridized carbons (Fsp3) is 0.731. The van der Waals surface area contributed by atoms with Crippen LogP contribution in [-0.4, -0.2) is 47.8 Å². The van der Waals surface area contributed by atoms with Gasteiger partial charge in [0.05, 0.1) is 24.9 Å². The van der Waals surface area contributed by atoms with Crippen LogP contribution in [0.3, 0.4) is 0 Å². The molecule has 1 aliphatic rings. The number of aldehydes is 1. The van der Waals surface area contributed by atoms with Crippen molar-refractivity contribution in [2.75, 3.05) is 6.61 Å². The van der Waals surface area contributed by atoms with Gasteiger partial charge in [0.1, 0.15) is 6.29 Å². The first-order valence-corrected chi connectivity index (χ1v) is 17.7. The van der Waals surface area contributed by atoms with E-state index < -0.39 is 16.6 Å². The Morgan fingerprint density at radius 3 is 2.12 bits per heavy atom. The van der Waals surface area contributed by atoms with Gasteiger partial charge in [0.15, 0.2) is 16.6 Å². The summed E-state index contributed by atoms with van der Waals surface area (Å²) in [5.74, 6) is 0. The van der Waals surface area contributed by atoms with Crippen LogP contribution in [-0.2, 0) is 18.4 Å². The van der Waals surface area contributed by atoms with Gasteiger partial charge in [0, 0.05) is 0 Å². The van der Waals surface area contributed by atoms with Gasteiger partial charge in [-0.1, -0.05) is 71.4 Å². The van der Waals surface area contributed by atoms with Crippen LogP contribution < -0.4 is 0 Å². The summed E-state index contributed by atoms with van der Waals surface area (Å²) < 4.78 is 19.8. The van der Waals surface area contributed by atoms with Gasteiger partial charge in [-0.2, -0.15) is 0 Å². The molecule has 1 rings (SSSR count). The summed E-state index contributed by atoms with van der Waals surface area (Å²) in [6.07, 6.45) is 12.0. The maximum Gasteiger partial charge on any atom is 0.193 e. The third-order valence-electron chi connectivity index (χ3n) is 7.22. The number of carbonyl (C=O) groups is 1. The van der Waals surface area contributed by atoms with Gasteiger partial charge >= 0.3 is 0 Å². The van der Waals surface area contributed by atoms with Gasteiger partial charge in [-0.25, -0.2) is 0 Å². The second kappa shape index (κ2) is 11.6. The van der Waals surface area contributed by atoms with Crippen LogP contribution in [0, 0.1) is 0 Å². The van der Waals surface area contributed by atoms with Crippen LogP contribution in [0.1, 0.15) is 61.3 Å². The lowest BCUT2D eigenvalue weighted by atomic mass is 10.0. The molecule has 0 saturated heterocycles. The first-order valence-electron chi connectivity index (χ1n) is 11.9. The van der Waals surface area contributed by atoms with E-state index in [9.17, 15) is 4.79 Å². The maximum atomic E-state index is 10.9. The SMILES string of the molecule is CC1=CCO[C@H](C=C[C@H](O[Si](C)(C)C(C)(C)C)[C@H](C/C=C/C=O)O[Si](C)(C)C(C)(C)C)C1. The monoisotopic (exact) mass is 480 g/mol. The Kier molecular flexibility index (Phi) is 10.6. The molecule has 0 bridgehead atoms. The van der Waals surface area contributed by atoms with E-state index >= 15 is 0 Å². The zero-order valence-corrected chi connectivity index (χ0v) is 24.5. The molecule has 0 saturated carbocycles. The van der Waals surface area contributed by atoms with Crippen molar-refractivity contribution in [2.45, 2.75) is 116 Å². The quantitative estimate of drug-likeness (QED) is 0.143. The van der Waals surface area contributed by atoms with Crippen LogP contribution >= 0.6 is 0 Å². The predicted octanol–water partition coefficient (Wildman–Crippen LogP) is 7.20. The molecule has 0 aromatic carbocycles. The summed E-state index contributed by atoms with van der Waals surface area (Å²) in [5.41, 5.74) is 1.36. The van der Waals surface area contributed by atoms with E-state index in [1.165, 1.54) is 5.57 Å². The zero-order chi connectivity index (χ0) is 24.8. The zero-order valence-electron chi connectivity index (χ0n) is 22.5. The third kappa shape index (κ3) is 8.86. The summed E-state index contributed by atoms with van der Waals surface area (Å²) in [4.78, 5) is 10.9. The van der Waals surface area contributed by atoms with E-state index in [-0.39, 0.29) is 28.4 Å². The number of hydrogen-bond acceptors (Lipinski definition) is 4. The molecule has 0 spiro atoms. The highest BCUT2D eigenvalue weighted by Gasteiger charge is 2.44. The molecule has 1 aliphatic heterocycles. The lowest BCUT2D eigenvalue weighted by Gasteiger charge is -2.44. The minimum atomic E-state index is -2.06. The van der Waals surface area contributed by atoms with E-state index in [0.29, 0.717) is 13.0 Å². The number of rotatable bonds is 10. The Morgan fingerprint density at radius 2 is 1.62 bits per heavy atom. The van der Waals surface area contributed by atoms with Gasteiger partial charge in [-0.05, 0) is 62.1 Å². The highest BCUT2D eigenvalue weighted by molar-refractivity contribution is 6.74. The molecule has 0 aliphatic carbocycles. The summed E-state index contributed by atoms with van der Waals surface area (Å²) in [5, 5.41) is 0.166. The van der Waals surface area contributed by atoms with Gasteiger partial charge in [0.2, 0.25) is 0 Å². The molecule has 0 unspecified atom stereocenters. The average Bonchev–Trinajstić information content (AvgIpc) is 2.62. The lowest BCUT2D eigenvalue weighted by Crippen LogP contribution is -2.51. The first-order chi connectivity index (χ1) is 14.5. The summed E-state index contributed by atoms with van der Waals surface area (Å²) in [6.45, 7) is 25.4. The molecule has 1 heterocycles. The van der Waals surface area contributed by atoms with Crippen molar-refractivity contribution in [1.82, 2.24) is 0 Å². The molecule has 0 radical (unpaired) electrons. The summed E-state index contributed by atoms with van der Waals surface area (Å²) >= 11 is 0. The summed E-state index contributed by atoms with van der Waals surface area (Å²) in [7, 11) is -4.11. The second-order valence-electron chi connectivity index (χ2n) is 12.1. The molecular weight excluding hydrogens is 432 g/mol. The molecule has 184 valence electrons. The van der Waals surface area contributed by atoms with Crippen molar-refractivity contribution in [1.29, 1.82) is 0 Å². The van der Waals surface area contributed by atoms with Crippen LogP contribution in [0.2, 0.25) is 36.3 Å². The highest BCUT2D eigenvalue weighted by atomic mass is 28.4. The molecule has 0 aromatic heterocycles. The molecule has 4 nitrogen and oxygen atoms in total. The molecule has 6 heteroatoms. The average molecular weight is 481 g/mol. The second-order valence-corrected chi connectivity index (χ2v) is 21.6. The van der Waals surface area contributed by atoms with Crippen LogP contribution in [0.4, 0.5) is 0 Å². The fourth-order valence-corrected chi connectivity index (χ4v) is 5.56. The number of hydrogen-bond donors (Lipinski definition) is 0. The number of ether oxygens (including phenoxy) is 1. The molecular formula is C26H48O4Si2. The molecule has 0 fully saturated rings. The van der Waals surface area contributed by atoms with E-state index in [2.05, 4.69) is 92.9 Å². The molecule has 0 aromatic rings. The van der Waals surface area contributed by atoms with Gasteiger partial charge < -0.3 is 13.6 Å². The topological polar surface area (TPSA) is 44.8 Å². The van der Waals surface area contributed by atoms with Crippen molar-refractivity contribution in [2.24, 2.45) is 0 Å². The Morgan fingerprint density at radius 1 is 1.06 bits per heavy atom. The van der Waals surface area contributed by atoms with Crippen molar-refractivity contribution < 1.29 is 18.4 Å². The van der Waals surface area contributed by atoms with E-state index in [1.807, 2.05) is 6.08 Å². The van der Waals surface area contributed by atoms with Gasteiger partial charge in [0.25, 0.3) is 0 Å². The number of allylic oxidation sites excluding steroid dienone is 1. The lowest BCUT2D eigenvalue weighted by molar-refractivity contribution is -0.104. The van der Waals surface area contributed by atoms with Crippen molar-refractivity contribution in [3.05, 3.63) is 36.0 Å². The van der Waals surface area contributed by atoms with Crippen LogP contribution in [0.15, 0.2) is 36.0 Å². The summed E-state index contributed by atoms with van der Waals surface area (Å²) in [6, 6.07) is 0. The normalized spacial score (nSPS) is 21.1. The van der Waals surface area contributed by atoms with Crippen LogP contribution in [0.5, 0.6) is 0 Å². The third-order valence-corrected chi connectivity index (χ3v) is 16.2. The van der Waals surface area contributed by atoms with Crippen LogP contribution in [0.25, 0.3) is 0 Å². The molecule has 32 heavy (non-hydrogen) atoms. The van der Waals surface area contributed by atoms with E-state index in [1.54, 1.807) is 6.08 Å². The van der Waals surface area contributed by atoms with Crippen molar-refractivity contribution in [3.63, 3.8) is 0 Å². The fourth-order valence-electron chi connectivity index (χ4n) is 2.96. The molecule has 0 N–H and O–H groups in total. The first kappa shape index (κ1) is 29.2. The largest absolute Gasteiger partial charge is 0.411 e. The predicted molar refractivity (Wildman–Crippen MR) is 141 cm³/mol. The molecule has 3 atom stereocenters. The standard InChI is InChI=1S/C26H48O4Si2/c1-21-17-19-28-22(20-21)15-16-24(30-32(10,11)26(5,6)7)23(14-12-13-18-27)29-31(8,9)25(2,3)4/h12-13,15-18,22-24H,14,19-20H2,1-11H3/b13-12+,16-15?/t22-,23+,24+/m1/s1. The van der Waals surface area contributed by atoms with Crippen molar-refractivity contribution >= 4 is 22.9 Å². The highest BCUT2D eigenvalue weighted by Crippen LogP contribution is 2.41. The van der Waals surface area contributed by atoms with Gasteiger partial charge in [-0.15, -0.1) is 0 Å². The minimum Gasteiger partial charge on any atom is -0.411 e. The Balaban J connectivity index is 3.32. The van der Waals surface area contributed by atoms with E-state index in [0.717, 1.165) is 12.7 Å². The Bertz CT molecular complexity index is 694. The van der Waals surface area contributed by atoms with E-state index in [4.69, 9.17) is 13.6 Å². The molecule has 0 amide bonds. The maximum absolute atomic E-state index is 10.9. The Hall–Kier alpha value is -0.796. The minimum absolute atomic E-state index is 0.0598. The smallest absolute Gasteiger partial charge is 0.193 e. The number of carbonyl (C=O) groups excluding carboxylic acids is 1.